The molecule has 0 unspecified atom stereocenters. The van der Waals surface area contributed by atoms with Crippen molar-refractivity contribution < 1.29 is 9.53 Å². The molecule has 0 saturated heterocycles. The quantitative estimate of drug-likeness (QED) is 0.271. The highest BCUT2D eigenvalue weighted by atomic mass is 35.5. The molecule has 0 saturated carbocycles. The van der Waals surface area contributed by atoms with Crippen LogP contribution in [-0.4, -0.2) is 41.5 Å². The summed E-state index contributed by atoms with van der Waals surface area (Å²) in [7, 11) is 0. The number of imidazole rings is 1. The van der Waals surface area contributed by atoms with Gasteiger partial charge in [0.25, 0.3) is 5.56 Å². The number of carbonyl (C=O) groups excluding carboxylic acids is 1. The second-order valence-corrected chi connectivity index (χ2v) is 7.64. The van der Waals surface area contributed by atoms with Gasteiger partial charge in [0.05, 0.1) is 12.8 Å². The number of unbranched alkanes of at least 4 members (excludes halogenated alkanes) is 2. The Labute approximate surface area is 183 Å². The maximum Gasteiger partial charge on any atom is 0.332 e. The van der Waals surface area contributed by atoms with Crippen LogP contribution in [0.4, 0.5) is 0 Å². The summed E-state index contributed by atoms with van der Waals surface area (Å²) in [6, 6.07) is 0. The van der Waals surface area contributed by atoms with E-state index in [0.717, 1.165) is 24.8 Å². The van der Waals surface area contributed by atoms with Crippen molar-refractivity contribution in [3.63, 3.8) is 0 Å². The number of aromatic amines is 1. The van der Waals surface area contributed by atoms with E-state index in [-0.39, 0.29) is 35.5 Å². The average Bonchev–Trinajstić information content (AvgIpc) is 3.33. The summed E-state index contributed by atoms with van der Waals surface area (Å²) in [5.74, 6) is -0.348. The predicted molar refractivity (Wildman–Crippen MR) is 116 cm³/mol. The van der Waals surface area contributed by atoms with Crippen LogP contribution in [0.15, 0.2) is 22.0 Å². The van der Waals surface area contributed by atoms with Crippen LogP contribution in [-0.2, 0) is 35.6 Å². The molecule has 0 aliphatic heterocycles. The van der Waals surface area contributed by atoms with Crippen LogP contribution >= 0.6 is 11.6 Å². The molecule has 0 radical (unpaired) electrons. The largest absolute Gasteiger partial charge is 0.465 e. The third kappa shape index (κ3) is 5.43. The van der Waals surface area contributed by atoms with Crippen molar-refractivity contribution in [1.82, 2.24) is 28.9 Å². The lowest BCUT2D eigenvalue weighted by Crippen LogP contribution is -2.40. The molecular weight excluding hydrogens is 424 g/mol. The standard InChI is InChI=1S/C20H27ClN6O4/c1-3-5-6-9-26-17-16(23-19(21)24-17)18(29)27(20(26)30)10-7-8-14-11-22-25(12-14)13-15(28)31-4-2/h11-12H,3-10,13H2,1-2H3,(H,23,24). The van der Waals surface area contributed by atoms with Crippen LogP contribution < -0.4 is 11.2 Å². The summed E-state index contributed by atoms with van der Waals surface area (Å²) in [5.41, 5.74) is 0.640. The number of hydrogen-bond donors (Lipinski definition) is 1. The Bertz CT molecular complexity index is 1160. The van der Waals surface area contributed by atoms with Gasteiger partial charge in [-0.2, -0.15) is 10.1 Å². The number of nitrogens with one attached hydrogen (secondary N) is 1. The Morgan fingerprint density at radius 2 is 1.94 bits per heavy atom. The molecule has 0 amide bonds. The van der Waals surface area contributed by atoms with Crippen LogP contribution in [0.25, 0.3) is 11.2 Å². The van der Waals surface area contributed by atoms with E-state index in [1.807, 2.05) is 0 Å². The van der Waals surface area contributed by atoms with Crippen molar-refractivity contribution in [3.05, 3.63) is 44.1 Å². The summed E-state index contributed by atoms with van der Waals surface area (Å²) in [6.45, 7) is 4.93. The Hall–Kier alpha value is -2.88. The number of ether oxygens (including phenoxy) is 1. The maximum atomic E-state index is 13.0. The molecule has 0 fully saturated rings. The van der Waals surface area contributed by atoms with Gasteiger partial charge in [-0.25, -0.2) is 4.79 Å². The van der Waals surface area contributed by atoms with Gasteiger partial charge >= 0.3 is 11.7 Å². The molecule has 0 aliphatic rings. The molecule has 3 aromatic heterocycles. The smallest absolute Gasteiger partial charge is 0.332 e. The van der Waals surface area contributed by atoms with Crippen LogP contribution in [0, 0.1) is 0 Å². The van der Waals surface area contributed by atoms with Gasteiger partial charge in [-0.15, -0.1) is 0 Å². The second-order valence-electron chi connectivity index (χ2n) is 7.28. The summed E-state index contributed by atoms with van der Waals surface area (Å²) in [6.07, 6.45) is 7.40. The van der Waals surface area contributed by atoms with Crippen LogP contribution in [0.3, 0.4) is 0 Å². The second kappa shape index (κ2) is 10.4. The van der Waals surface area contributed by atoms with Crippen molar-refractivity contribution >= 4 is 28.7 Å². The average molecular weight is 451 g/mol. The minimum atomic E-state index is -0.427. The number of aryl methyl sites for hydroxylation is 2. The number of rotatable bonds is 11. The van der Waals surface area contributed by atoms with E-state index in [9.17, 15) is 14.4 Å². The number of carbonyl (C=O) groups is 1. The first-order valence-corrected chi connectivity index (χ1v) is 10.9. The molecule has 0 bridgehead atoms. The van der Waals surface area contributed by atoms with E-state index in [0.29, 0.717) is 31.6 Å². The van der Waals surface area contributed by atoms with E-state index in [1.54, 1.807) is 19.3 Å². The first kappa shape index (κ1) is 22.8. The van der Waals surface area contributed by atoms with Gasteiger partial charge in [-0.3, -0.25) is 23.4 Å². The topological polar surface area (TPSA) is 117 Å². The summed E-state index contributed by atoms with van der Waals surface area (Å²) in [5, 5.41) is 4.24. The fraction of sp³-hybridized carbons (Fsp3) is 0.550. The SMILES string of the molecule is CCCCCn1c(=O)n(CCCc2cnn(CC(=O)OCC)c2)c(=O)c2[nH]c(Cl)nc21. The third-order valence-corrected chi connectivity index (χ3v) is 5.13. The first-order valence-electron chi connectivity index (χ1n) is 10.5. The lowest BCUT2D eigenvalue weighted by atomic mass is 10.2. The van der Waals surface area contributed by atoms with E-state index < -0.39 is 5.56 Å². The molecule has 1 N–H and O–H groups in total. The Morgan fingerprint density at radius 1 is 1.16 bits per heavy atom. The molecule has 31 heavy (non-hydrogen) atoms. The minimum Gasteiger partial charge on any atom is -0.465 e. The highest BCUT2D eigenvalue weighted by Crippen LogP contribution is 2.11. The van der Waals surface area contributed by atoms with Crippen molar-refractivity contribution in [3.8, 4) is 0 Å². The summed E-state index contributed by atoms with van der Waals surface area (Å²) < 4.78 is 9.17. The molecule has 0 spiro atoms. The first-order chi connectivity index (χ1) is 14.9. The normalized spacial score (nSPS) is 11.3. The van der Waals surface area contributed by atoms with E-state index in [1.165, 1.54) is 13.8 Å². The van der Waals surface area contributed by atoms with Gasteiger partial charge < -0.3 is 9.72 Å². The molecule has 10 nitrogen and oxygen atoms in total. The third-order valence-electron chi connectivity index (χ3n) is 4.95. The zero-order valence-corrected chi connectivity index (χ0v) is 18.5. The van der Waals surface area contributed by atoms with Crippen molar-refractivity contribution in [2.24, 2.45) is 0 Å². The minimum absolute atomic E-state index is 0.0486. The van der Waals surface area contributed by atoms with Gasteiger partial charge in [0.2, 0.25) is 5.28 Å². The van der Waals surface area contributed by atoms with Gasteiger partial charge in [-0.1, -0.05) is 19.8 Å². The number of nitrogens with zero attached hydrogens (tertiary/aromatic N) is 5. The van der Waals surface area contributed by atoms with Gasteiger partial charge in [0, 0.05) is 19.3 Å². The molecule has 3 aromatic rings. The van der Waals surface area contributed by atoms with Gasteiger partial charge in [0.1, 0.15) is 6.54 Å². The zero-order valence-electron chi connectivity index (χ0n) is 17.8. The number of fused-ring (bicyclic) bond motifs is 1. The van der Waals surface area contributed by atoms with E-state index in [2.05, 4.69) is 22.0 Å². The maximum absolute atomic E-state index is 13.0. The Kier molecular flexibility index (Phi) is 7.67. The number of hydrogen-bond acceptors (Lipinski definition) is 6. The predicted octanol–water partition coefficient (Wildman–Crippen LogP) is 2.12. The van der Waals surface area contributed by atoms with Gasteiger partial charge in [0.15, 0.2) is 11.2 Å². The lowest BCUT2D eigenvalue weighted by Gasteiger charge is -2.11. The molecule has 0 aliphatic carbocycles. The molecule has 3 heterocycles. The molecule has 0 aromatic carbocycles. The molecule has 3 rings (SSSR count). The molecular formula is C20H27ClN6O4. The number of esters is 1. The van der Waals surface area contributed by atoms with Crippen molar-refractivity contribution in [1.29, 1.82) is 0 Å². The van der Waals surface area contributed by atoms with Crippen LogP contribution in [0.1, 0.15) is 45.1 Å². The van der Waals surface area contributed by atoms with Crippen LogP contribution in [0.5, 0.6) is 0 Å². The molecule has 168 valence electrons. The number of aromatic nitrogens is 6. The lowest BCUT2D eigenvalue weighted by molar-refractivity contribution is -0.144. The highest BCUT2D eigenvalue weighted by molar-refractivity contribution is 6.28. The Morgan fingerprint density at radius 3 is 2.68 bits per heavy atom. The Balaban J connectivity index is 1.74. The van der Waals surface area contributed by atoms with E-state index in [4.69, 9.17) is 16.3 Å². The van der Waals surface area contributed by atoms with Crippen molar-refractivity contribution in [2.45, 2.75) is 65.6 Å². The number of halogens is 1. The van der Waals surface area contributed by atoms with Crippen LogP contribution in [0.2, 0.25) is 5.28 Å². The highest BCUT2D eigenvalue weighted by Gasteiger charge is 2.16. The number of H-pyrrole nitrogens is 1. The molecule has 11 heteroatoms. The summed E-state index contributed by atoms with van der Waals surface area (Å²) in [4.78, 5) is 44.3. The van der Waals surface area contributed by atoms with Gasteiger partial charge in [-0.05, 0) is 43.4 Å². The molecule has 0 atom stereocenters. The monoisotopic (exact) mass is 450 g/mol. The fourth-order valence-electron chi connectivity index (χ4n) is 3.46. The van der Waals surface area contributed by atoms with Crippen molar-refractivity contribution in [2.75, 3.05) is 6.61 Å². The fourth-order valence-corrected chi connectivity index (χ4v) is 3.63. The summed E-state index contributed by atoms with van der Waals surface area (Å²) >= 11 is 5.96. The zero-order chi connectivity index (χ0) is 22.4. The van der Waals surface area contributed by atoms with E-state index >= 15 is 0 Å².